The largest absolute Gasteiger partial charge is 0.468 e. The van der Waals surface area contributed by atoms with Gasteiger partial charge >= 0.3 is 12.1 Å². The van der Waals surface area contributed by atoms with Crippen LogP contribution >= 0.6 is 0 Å². The summed E-state index contributed by atoms with van der Waals surface area (Å²) in [6.45, 7) is 2.91. The van der Waals surface area contributed by atoms with Gasteiger partial charge in [-0.15, -0.1) is 0 Å². The van der Waals surface area contributed by atoms with Crippen molar-refractivity contribution in [2.24, 2.45) is 11.3 Å². The average Bonchev–Trinajstić information content (AvgIpc) is 2.98. The van der Waals surface area contributed by atoms with E-state index in [4.69, 9.17) is 5.26 Å². The maximum absolute atomic E-state index is 13.8. The Hall–Kier alpha value is -1.91. The number of carbonyl (C=O) groups excluding carboxylic acids is 2. The highest BCUT2D eigenvalue weighted by Gasteiger charge is 2.85. The standard InChI is InChI=1S/C11H9F4NO3/c1-3-9(12)5-10(9,11(13,14)15)7(17)6(4-16)8(18)19-2/h3,6H,1,5H2,2H3. The van der Waals surface area contributed by atoms with Crippen LogP contribution in [0.15, 0.2) is 12.7 Å². The van der Waals surface area contributed by atoms with Crippen LogP contribution in [0, 0.1) is 22.7 Å². The fourth-order valence-corrected chi connectivity index (χ4v) is 1.94. The quantitative estimate of drug-likeness (QED) is 0.340. The number of hydrogen-bond acceptors (Lipinski definition) is 4. The van der Waals surface area contributed by atoms with Gasteiger partial charge in [0.15, 0.2) is 16.9 Å². The molecule has 3 atom stereocenters. The van der Waals surface area contributed by atoms with Crippen LogP contribution in [0.25, 0.3) is 0 Å². The van der Waals surface area contributed by atoms with Gasteiger partial charge in [0.2, 0.25) is 5.92 Å². The zero-order valence-corrected chi connectivity index (χ0v) is 9.75. The fraction of sp³-hybridized carbons (Fsp3) is 0.545. The molecule has 0 aliphatic heterocycles. The van der Waals surface area contributed by atoms with E-state index < -0.39 is 41.4 Å². The molecule has 1 saturated carbocycles. The lowest BCUT2D eigenvalue weighted by molar-refractivity contribution is -0.200. The molecule has 1 rings (SSSR count). The molecule has 0 saturated heterocycles. The molecule has 0 aromatic rings. The molecular formula is C11H9F4NO3. The van der Waals surface area contributed by atoms with Gasteiger partial charge in [0.1, 0.15) is 0 Å². The van der Waals surface area contributed by atoms with Gasteiger partial charge in [-0.05, 0) is 0 Å². The molecule has 0 bridgehead atoms. The molecule has 1 aliphatic rings. The highest BCUT2D eigenvalue weighted by Crippen LogP contribution is 2.69. The number of Topliss-reactive ketones (excluding diaryl/α,β-unsaturated/α-hetero) is 1. The topological polar surface area (TPSA) is 67.2 Å². The molecule has 19 heavy (non-hydrogen) atoms. The van der Waals surface area contributed by atoms with Gasteiger partial charge in [-0.1, -0.05) is 12.7 Å². The second-order valence-corrected chi connectivity index (χ2v) is 4.10. The predicted molar refractivity (Wildman–Crippen MR) is 53.3 cm³/mol. The van der Waals surface area contributed by atoms with E-state index in [2.05, 4.69) is 11.3 Å². The smallest absolute Gasteiger partial charge is 0.404 e. The number of ketones is 1. The van der Waals surface area contributed by atoms with Crippen LogP contribution in [-0.2, 0) is 14.3 Å². The third kappa shape index (κ3) is 1.89. The van der Waals surface area contributed by atoms with Gasteiger partial charge in [-0.25, -0.2) is 4.39 Å². The fourth-order valence-electron chi connectivity index (χ4n) is 1.94. The summed E-state index contributed by atoms with van der Waals surface area (Å²) >= 11 is 0. The first-order valence-electron chi connectivity index (χ1n) is 5.02. The molecule has 0 spiro atoms. The third-order valence-electron chi connectivity index (χ3n) is 3.16. The van der Waals surface area contributed by atoms with E-state index in [1.165, 1.54) is 0 Å². The van der Waals surface area contributed by atoms with Gasteiger partial charge in [-0.2, -0.15) is 18.4 Å². The van der Waals surface area contributed by atoms with Crippen molar-refractivity contribution < 1.29 is 31.9 Å². The second-order valence-electron chi connectivity index (χ2n) is 4.10. The molecule has 0 heterocycles. The Morgan fingerprint density at radius 1 is 1.53 bits per heavy atom. The van der Waals surface area contributed by atoms with Crippen molar-refractivity contribution in [3.8, 4) is 6.07 Å². The third-order valence-corrected chi connectivity index (χ3v) is 3.16. The maximum Gasteiger partial charge on any atom is 0.404 e. The molecule has 0 N–H and O–H groups in total. The number of nitriles is 1. The van der Waals surface area contributed by atoms with Gasteiger partial charge in [0.05, 0.1) is 13.2 Å². The van der Waals surface area contributed by atoms with Crippen molar-refractivity contribution in [2.75, 3.05) is 7.11 Å². The molecular weight excluding hydrogens is 270 g/mol. The second kappa shape index (κ2) is 4.33. The number of alkyl halides is 4. The normalized spacial score (nSPS) is 30.9. The number of methoxy groups -OCH3 is 1. The molecule has 3 unspecified atom stereocenters. The van der Waals surface area contributed by atoms with Crippen molar-refractivity contribution in [2.45, 2.75) is 18.3 Å². The summed E-state index contributed by atoms with van der Waals surface area (Å²) in [4.78, 5) is 22.9. The molecule has 4 nitrogen and oxygen atoms in total. The first-order valence-corrected chi connectivity index (χ1v) is 5.02. The number of esters is 1. The van der Waals surface area contributed by atoms with E-state index in [9.17, 15) is 27.2 Å². The molecule has 1 aliphatic carbocycles. The minimum atomic E-state index is -5.23. The van der Waals surface area contributed by atoms with Crippen LogP contribution in [0.4, 0.5) is 17.6 Å². The Morgan fingerprint density at radius 2 is 2.05 bits per heavy atom. The summed E-state index contributed by atoms with van der Waals surface area (Å²) < 4.78 is 56.7. The van der Waals surface area contributed by atoms with Crippen LogP contribution in [-0.4, -0.2) is 30.7 Å². The monoisotopic (exact) mass is 279 g/mol. The lowest BCUT2D eigenvalue weighted by Gasteiger charge is -2.22. The molecule has 1 fully saturated rings. The Balaban J connectivity index is 3.25. The minimum Gasteiger partial charge on any atom is -0.468 e. The minimum absolute atomic E-state index is 0.365. The number of hydrogen-bond donors (Lipinski definition) is 0. The summed E-state index contributed by atoms with van der Waals surface area (Å²) in [5, 5.41) is 8.61. The number of halogens is 4. The van der Waals surface area contributed by atoms with Gasteiger partial charge < -0.3 is 4.74 Å². The van der Waals surface area contributed by atoms with Gasteiger partial charge in [0.25, 0.3) is 0 Å². The van der Waals surface area contributed by atoms with Crippen molar-refractivity contribution in [1.82, 2.24) is 0 Å². The lowest BCUT2D eigenvalue weighted by atomic mass is 9.87. The maximum atomic E-state index is 13.8. The molecule has 0 aromatic carbocycles. The Bertz CT molecular complexity index is 481. The number of ether oxygens (including phenoxy) is 1. The Kier molecular flexibility index (Phi) is 3.45. The number of carbonyl (C=O) groups is 2. The van der Waals surface area contributed by atoms with Crippen LogP contribution in [0.3, 0.4) is 0 Å². The highest BCUT2D eigenvalue weighted by molar-refractivity contribution is 6.07. The van der Waals surface area contributed by atoms with Crippen molar-refractivity contribution in [3.63, 3.8) is 0 Å². The number of rotatable bonds is 4. The van der Waals surface area contributed by atoms with Crippen molar-refractivity contribution in [3.05, 3.63) is 12.7 Å². The molecule has 0 radical (unpaired) electrons. The SMILES string of the molecule is C=CC1(F)CC1(C(=O)C(C#N)C(=O)OC)C(F)(F)F. The summed E-state index contributed by atoms with van der Waals surface area (Å²) in [6, 6.07) is 1.11. The zero-order valence-electron chi connectivity index (χ0n) is 9.75. The first kappa shape index (κ1) is 15.1. The molecule has 0 aromatic heterocycles. The molecule has 104 valence electrons. The van der Waals surface area contributed by atoms with E-state index in [0.717, 1.165) is 13.2 Å². The van der Waals surface area contributed by atoms with E-state index >= 15 is 0 Å². The van der Waals surface area contributed by atoms with Crippen LogP contribution in [0.2, 0.25) is 0 Å². The highest BCUT2D eigenvalue weighted by atomic mass is 19.4. The predicted octanol–water partition coefficient (Wildman–Crippen LogP) is 1.71. The summed E-state index contributed by atoms with van der Waals surface area (Å²) in [5.74, 6) is -5.62. The van der Waals surface area contributed by atoms with E-state index in [1.54, 1.807) is 0 Å². The summed E-state index contributed by atoms with van der Waals surface area (Å²) in [6.07, 6.45) is -6.04. The molecule has 0 amide bonds. The summed E-state index contributed by atoms with van der Waals surface area (Å²) in [5.41, 5.74) is -6.39. The number of allylic oxidation sites excluding steroid dienone is 1. The van der Waals surface area contributed by atoms with Crippen LogP contribution in [0.1, 0.15) is 6.42 Å². The average molecular weight is 279 g/mol. The van der Waals surface area contributed by atoms with Crippen molar-refractivity contribution >= 4 is 11.8 Å². The Labute approximate surface area is 105 Å². The van der Waals surface area contributed by atoms with E-state index in [0.29, 0.717) is 6.08 Å². The molecule has 8 heteroatoms. The van der Waals surface area contributed by atoms with Gasteiger partial charge in [0, 0.05) is 6.42 Å². The van der Waals surface area contributed by atoms with Crippen molar-refractivity contribution in [1.29, 1.82) is 5.26 Å². The van der Waals surface area contributed by atoms with E-state index in [1.807, 2.05) is 0 Å². The Morgan fingerprint density at radius 3 is 2.32 bits per heavy atom. The summed E-state index contributed by atoms with van der Waals surface area (Å²) in [7, 11) is 0.809. The first-order chi connectivity index (χ1) is 8.61. The number of nitrogens with zero attached hydrogens (tertiary/aromatic N) is 1. The van der Waals surface area contributed by atoms with Crippen LogP contribution < -0.4 is 0 Å². The lowest BCUT2D eigenvalue weighted by Crippen LogP contribution is -2.44. The van der Waals surface area contributed by atoms with Gasteiger partial charge in [-0.3, -0.25) is 9.59 Å². The van der Waals surface area contributed by atoms with Crippen LogP contribution in [0.5, 0.6) is 0 Å². The van der Waals surface area contributed by atoms with E-state index in [-0.39, 0.29) is 0 Å². The zero-order chi connectivity index (χ0) is 15.1.